The molecule has 25 heavy (non-hydrogen) atoms. The van der Waals surface area contributed by atoms with E-state index in [-0.39, 0.29) is 12.4 Å². The molecule has 3 nitrogen and oxygen atoms in total. The summed E-state index contributed by atoms with van der Waals surface area (Å²) in [6.07, 6.45) is -9.05. The molecule has 8 heteroatoms. The Morgan fingerprint density at radius 2 is 1.56 bits per heavy atom. The van der Waals surface area contributed by atoms with Crippen LogP contribution in [0.5, 0.6) is 5.75 Å². The van der Waals surface area contributed by atoms with Crippen LogP contribution < -0.4 is 10.5 Å². The van der Waals surface area contributed by atoms with Crippen molar-refractivity contribution in [2.24, 2.45) is 5.73 Å². The van der Waals surface area contributed by atoms with Crippen LogP contribution in [0.15, 0.2) is 54.6 Å². The average molecular weight is 380 g/mol. The molecule has 0 aliphatic heterocycles. The topological polar surface area (TPSA) is 55.5 Å². The number of aliphatic hydroxyl groups excluding tert-OH is 1. The van der Waals surface area contributed by atoms with Gasteiger partial charge in [0.15, 0.2) is 0 Å². The molecule has 0 aromatic heterocycles. The van der Waals surface area contributed by atoms with Crippen LogP contribution in [0.3, 0.4) is 0 Å². The fourth-order valence-electron chi connectivity index (χ4n) is 2.16. The van der Waals surface area contributed by atoms with Crippen LogP contribution in [0.1, 0.15) is 17.2 Å². The van der Waals surface area contributed by atoms with E-state index in [1.807, 2.05) is 30.3 Å². The first-order valence-corrected chi connectivity index (χ1v) is 7.22. The monoisotopic (exact) mass is 379 g/mol. The van der Waals surface area contributed by atoms with Crippen LogP contribution in [-0.2, 0) is 6.42 Å². The van der Waals surface area contributed by atoms with Gasteiger partial charge < -0.3 is 15.6 Å². The molecule has 2 atom stereocenters. The van der Waals surface area contributed by atoms with Crippen molar-refractivity contribution in [2.45, 2.75) is 31.1 Å². The maximum Gasteiger partial charge on any atom is 0.461 e. The molecule has 0 heterocycles. The molecule has 2 rings (SSSR count). The quantitative estimate of drug-likeness (QED) is 0.716. The molecule has 0 saturated heterocycles. The Hall–Kier alpha value is -1.83. The predicted molar refractivity (Wildman–Crippen MR) is 88.4 cm³/mol. The summed E-state index contributed by atoms with van der Waals surface area (Å²) in [6, 6.07) is 13.4. The summed E-state index contributed by atoms with van der Waals surface area (Å²) in [5, 5.41) is 10.2. The van der Waals surface area contributed by atoms with E-state index in [0.717, 1.165) is 17.7 Å². The van der Waals surface area contributed by atoms with Crippen LogP contribution in [0.25, 0.3) is 0 Å². The number of ether oxygens (including phenoxy) is 1. The number of aliphatic hydroxyl groups is 1. The van der Waals surface area contributed by atoms with Gasteiger partial charge in [-0.25, -0.2) is 0 Å². The minimum absolute atomic E-state index is 0. The molecule has 2 aromatic rings. The van der Waals surface area contributed by atoms with Gasteiger partial charge in [-0.15, -0.1) is 12.4 Å². The summed E-state index contributed by atoms with van der Waals surface area (Å²) >= 11 is 0. The zero-order valence-electron chi connectivity index (χ0n) is 13.0. The van der Waals surface area contributed by atoms with Crippen molar-refractivity contribution in [1.82, 2.24) is 0 Å². The summed E-state index contributed by atoms with van der Waals surface area (Å²) in [7, 11) is 0. The second-order valence-electron chi connectivity index (χ2n) is 5.32. The van der Waals surface area contributed by atoms with Crippen LogP contribution in [0.4, 0.5) is 17.6 Å². The van der Waals surface area contributed by atoms with E-state index in [4.69, 9.17) is 5.73 Å². The molecular formula is C17H18ClF4NO2. The molecule has 0 amide bonds. The fourth-order valence-corrected chi connectivity index (χ4v) is 2.16. The largest absolute Gasteiger partial charge is 0.461 e. The van der Waals surface area contributed by atoms with Crippen molar-refractivity contribution in [3.05, 3.63) is 65.7 Å². The zero-order chi connectivity index (χ0) is 17.7. The molecule has 0 radical (unpaired) electrons. The van der Waals surface area contributed by atoms with Gasteiger partial charge in [-0.05, 0) is 23.3 Å². The third kappa shape index (κ3) is 5.88. The molecule has 0 unspecified atom stereocenters. The number of nitrogens with two attached hydrogens (primary N) is 1. The minimum atomic E-state index is -4.56. The van der Waals surface area contributed by atoms with E-state index in [1.54, 1.807) is 0 Å². The maximum atomic E-state index is 12.8. The van der Waals surface area contributed by atoms with Gasteiger partial charge in [-0.2, -0.15) is 17.6 Å². The SMILES string of the molecule is Cl.N[C@H](c1ccc(OC(F)(F)C(F)F)cc1)[C@@H](O)Cc1ccccc1. The van der Waals surface area contributed by atoms with Gasteiger partial charge in [0.2, 0.25) is 0 Å². The van der Waals surface area contributed by atoms with E-state index < -0.39 is 30.4 Å². The van der Waals surface area contributed by atoms with Gasteiger partial charge >= 0.3 is 12.5 Å². The van der Waals surface area contributed by atoms with Gasteiger partial charge in [0.25, 0.3) is 0 Å². The van der Waals surface area contributed by atoms with Crippen molar-refractivity contribution in [1.29, 1.82) is 0 Å². The van der Waals surface area contributed by atoms with Crippen molar-refractivity contribution >= 4 is 12.4 Å². The molecule has 138 valence electrons. The fraction of sp³-hybridized carbons (Fsp3) is 0.294. The Kier molecular flexibility index (Phi) is 7.66. The van der Waals surface area contributed by atoms with Crippen LogP contribution >= 0.6 is 12.4 Å². The minimum Gasteiger partial charge on any atom is -0.428 e. The van der Waals surface area contributed by atoms with Crippen LogP contribution in [0.2, 0.25) is 0 Å². The molecular weight excluding hydrogens is 362 g/mol. The highest BCUT2D eigenvalue weighted by molar-refractivity contribution is 5.85. The lowest BCUT2D eigenvalue weighted by Gasteiger charge is -2.20. The van der Waals surface area contributed by atoms with Gasteiger partial charge in [-0.1, -0.05) is 42.5 Å². The Labute approximate surface area is 148 Å². The molecule has 0 spiro atoms. The summed E-state index contributed by atoms with van der Waals surface area (Å²) in [4.78, 5) is 0. The number of rotatable bonds is 7. The molecule has 0 fully saturated rings. The highest BCUT2D eigenvalue weighted by Gasteiger charge is 2.43. The normalized spacial score (nSPS) is 13.9. The lowest BCUT2D eigenvalue weighted by molar-refractivity contribution is -0.253. The summed E-state index contributed by atoms with van der Waals surface area (Å²) in [5.41, 5.74) is 7.33. The Morgan fingerprint density at radius 3 is 2.08 bits per heavy atom. The van der Waals surface area contributed by atoms with E-state index in [9.17, 15) is 22.7 Å². The van der Waals surface area contributed by atoms with Crippen molar-refractivity contribution in [2.75, 3.05) is 0 Å². The Balaban J connectivity index is 0.00000312. The lowest BCUT2D eigenvalue weighted by Crippen LogP contribution is -2.33. The second-order valence-corrected chi connectivity index (χ2v) is 5.32. The number of alkyl halides is 4. The van der Waals surface area contributed by atoms with Crippen molar-refractivity contribution < 1.29 is 27.4 Å². The molecule has 2 aromatic carbocycles. The van der Waals surface area contributed by atoms with Crippen LogP contribution in [-0.4, -0.2) is 23.7 Å². The molecule has 0 saturated carbocycles. The zero-order valence-corrected chi connectivity index (χ0v) is 13.8. The number of halogens is 5. The third-order valence-corrected chi connectivity index (χ3v) is 3.48. The lowest BCUT2D eigenvalue weighted by atomic mass is 9.97. The average Bonchev–Trinajstić information content (AvgIpc) is 2.55. The van der Waals surface area contributed by atoms with E-state index in [1.165, 1.54) is 12.1 Å². The van der Waals surface area contributed by atoms with E-state index in [0.29, 0.717) is 12.0 Å². The number of benzene rings is 2. The van der Waals surface area contributed by atoms with Gasteiger partial charge in [0.05, 0.1) is 12.1 Å². The smallest absolute Gasteiger partial charge is 0.428 e. The summed E-state index contributed by atoms with van der Waals surface area (Å²) in [5.74, 6) is -0.409. The molecule has 0 aliphatic carbocycles. The summed E-state index contributed by atoms with van der Waals surface area (Å²) in [6.45, 7) is 0. The molecule has 0 bridgehead atoms. The number of hydrogen-bond donors (Lipinski definition) is 2. The van der Waals surface area contributed by atoms with Gasteiger partial charge in [0.1, 0.15) is 5.75 Å². The van der Waals surface area contributed by atoms with Gasteiger partial charge in [-0.3, -0.25) is 0 Å². The van der Waals surface area contributed by atoms with E-state index in [2.05, 4.69) is 4.74 Å². The first kappa shape index (κ1) is 21.2. The first-order chi connectivity index (χ1) is 11.3. The molecule has 0 aliphatic rings. The standard InChI is InChI=1S/C17H17F4NO2.ClH/c18-16(19)17(20,21)24-13-8-6-12(7-9-13)15(22)14(23)10-11-4-2-1-3-5-11;/h1-9,14-16,23H,10,22H2;1H/t14-,15+;/m0./s1. The predicted octanol–water partition coefficient (Wildman–Crippen LogP) is 3.95. The van der Waals surface area contributed by atoms with E-state index >= 15 is 0 Å². The van der Waals surface area contributed by atoms with Crippen molar-refractivity contribution in [3.8, 4) is 5.75 Å². The second kappa shape index (κ2) is 9.03. The van der Waals surface area contributed by atoms with Crippen molar-refractivity contribution in [3.63, 3.8) is 0 Å². The Bertz CT molecular complexity index is 641. The highest BCUT2D eigenvalue weighted by Crippen LogP contribution is 2.28. The third-order valence-electron chi connectivity index (χ3n) is 3.48. The maximum absolute atomic E-state index is 12.8. The Morgan fingerprint density at radius 1 is 1.00 bits per heavy atom. The number of hydrogen-bond acceptors (Lipinski definition) is 3. The highest BCUT2D eigenvalue weighted by atomic mass is 35.5. The summed E-state index contributed by atoms with van der Waals surface area (Å²) < 4.78 is 53.8. The first-order valence-electron chi connectivity index (χ1n) is 7.22. The van der Waals surface area contributed by atoms with Crippen LogP contribution in [0, 0.1) is 0 Å². The molecule has 3 N–H and O–H groups in total. The van der Waals surface area contributed by atoms with Gasteiger partial charge in [0, 0.05) is 6.42 Å².